The van der Waals surface area contributed by atoms with Gasteiger partial charge < -0.3 is 20.4 Å². The zero-order chi connectivity index (χ0) is 23.4. The molecule has 3 aromatic heterocycles. The van der Waals surface area contributed by atoms with Crippen LogP contribution < -0.4 is 16.0 Å². The lowest BCUT2D eigenvalue weighted by atomic mass is 10.00. The van der Waals surface area contributed by atoms with Gasteiger partial charge in [0.15, 0.2) is 5.58 Å². The molecule has 5 aromatic rings. The van der Waals surface area contributed by atoms with E-state index in [1.54, 1.807) is 0 Å². The van der Waals surface area contributed by atoms with Crippen LogP contribution in [0.1, 0.15) is 25.7 Å². The van der Waals surface area contributed by atoms with E-state index in [2.05, 4.69) is 51.6 Å². The highest BCUT2D eigenvalue weighted by Crippen LogP contribution is 2.41. The van der Waals surface area contributed by atoms with Gasteiger partial charge in [0.25, 0.3) is 0 Å². The molecule has 3 N–H and O–H groups in total. The molecule has 6 heteroatoms. The largest absolute Gasteiger partial charge is 0.452 e. The van der Waals surface area contributed by atoms with E-state index in [1.165, 1.54) is 12.8 Å². The molecule has 2 fully saturated rings. The molecule has 7 rings (SSSR count). The molecule has 1 saturated carbocycles. The summed E-state index contributed by atoms with van der Waals surface area (Å²) in [5.41, 5.74) is 13.3. The number of nitrogens with zero attached hydrogens (tertiary/aromatic N) is 3. The van der Waals surface area contributed by atoms with Crippen LogP contribution in [0.25, 0.3) is 44.1 Å². The second-order valence-electron chi connectivity index (χ2n) is 10.0. The number of nitrogens with one attached hydrogen (secondary N) is 1. The van der Waals surface area contributed by atoms with Gasteiger partial charge in [-0.15, -0.1) is 0 Å². The molecule has 1 saturated heterocycles. The Morgan fingerprint density at radius 2 is 1.77 bits per heavy atom. The minimum atomic E-state index is 0.263. The van der Waals surface area contributed by atoms with Gasteiger partial charge in [0.2, 0.25) is 0 Å². The molecular formula is C29H29N5O. The van der Waals surface area contributed by atoms with E-state index in [9.17, 15) is 0 Å². The van der Waals surface area contributed by atoms with Crippen molar-refractivity contribution in [1.29, 1.82) is 0 Å². The first-order valence-corrected chi connectivity index (χ1v) is 12.7. The second-order valence-corrected chi connectivity index (χ2v) is 10.0. The lowest BCUT2D eigenvalue weighted by molar-refractivity contribution is 0.501. The number of fused-ring (bicyclic) bond motifs is 4. The van der Waals surface area contributed by atoms with E-state index in [4.69, 9.17) is 15.1 Å². The molecular weight excluding hydrogens is 434 g/mol. The van der Waals surface area contributed by atoms with E-state index >= 15 is 0 Å². The summed E-state index contributed by atoms with van der Waals surface area (Å²) < 4.78 is 6.44. The van der Waals surface area contributed by atoms with Crippen molar-refractivity contribution in [2.75, 3.05) is 29.9 Å². The number of furan rings is 1. The molecule has 6 nitrogen and oxygen atoms in total. The SMILES string of the molecule is NC1CCN(c2c3cc(-c4ccnc(NCC5CC5)c4)ccc3nc3c2oc2ccccc23)CC1. The van der Waals surface area contributed by atoms with Crippen LogP contribution in [0.15, 0.2) is 65.2 Å². The maximum atomic E-state index is 6.44. The highest BCUT2D eigenvalue weighted by atomic mass is 16.3. The molecule has 2 aromatic carbocycles. The van der Waals surface area contributed by atoms with Crippen LogP contribution in [0.3, 0.4) is 0 Å². The number of hydrogen-bond donors (Lipinski definition) is 2. The van der Waals surface area contributed by atoms with Crippen molar-refractivity contribution >= 4 is 44.5 Å². The second kappa shape index (κ2) is 8.24. The number of nitrogens with two attached hydrogens (primary N) is 1. The highest BCUT2D eigenvalue weighted by molar-refractivity contribution is 6.14. The standard InChI is InChI=1S/C29H29N5O/c30-21-10-13-34(14-11-21)28-23-15-19(20-9-12-31-26(16-20)32-17-18-5-6-18)7-8-24(23)33-27-22-3-1-2-4-25(22)35-29(27)28/h1-4,7-9,12,15-16,18,21H,5-6,10-11,13-14,17,30H2,(H,31,32). The normalized spacial score (nSPS) is 17.0. The number of piperidine rings is 1. The van der Waals surface area contributed by atoms with Crippen LogP contribution in [-0.2, 0) is 0 Å². The summed E-state index contributed by atoms with van der Waals surface area (Å²) in [6.45, 7) is 2.84. The van der Waals surface area contributed by atoms with Crippen LogP contribution in [0.2, 0.25) is 0 Å². The molecule has 176 valence electrons. The first-order chi connectivity index (χ1) is 17.2. The molecule has 4 heterocycles. The molecule has 0 atom stereocenters. The van der Waals surface area contributed by atoms with Crippen molar-refractivity contribution < 1.29 is 4.42 Å². The van der Waals surface area contributed by atoms with Gasteiger partial charge in [0, 0.05) is 42.6 Å². The quantitative estimate of drug-likeness (QED) is 0.335. The summed E-state index contributed by atoms with van der Waals surface area (Å²) in [7, 11) is 0. The van der Waals surface area contributed by atoms with Crippen LogP contribution >= 0.6 is 0 Å². The molecule has 0 spiro atoms. The lowest BCUT2D eigenvalue weighted by Crippen LogP contribution is -2.39. The van der Waals surface area contributed by atoms with Gasteiger partial charge in [-0.2, -0.15) is 0 Å². The van der Waals surface area contributed by atoms with Crippen LogP contribution in [0.4, 0.5) is 11.5 Å². The average Bonchev–Trinajstić information content (AvgIpc) is 3.66. The first-order valence-electron chi connectivity index (χ1n) is 12.7. The van der Waals surface area contributed by atoms with Gasteiger partial charge in [-0.25, -0.2) is 9.97 Å². The fraction of sp³-hybridized carbons (Fsp3) is 0.310. The lowest BCUT2D eigenvalue weighted by Gasteiger charge is -2.32. The monoisotopic (exact) mass is 463 g/mol. The fourth-order valence-electron chi connectivity index (χ4n) is 5.26. The van der Waals surface area contributed by atoms with Crippen molar-refractivity contribution in [2.24, 2.45) is 11.7 Å². The van der Waals surface area contributed by atoms with Crippen molar-refractivity contribution in [3.8, 4) is 11.1 Å². The predicted molar refractivity (Wildman–Crippen MR) is 143 cm³/mol. The Balaban J connectivity index is 1.39. The Bertz CT molecular complexity index is 1550. The molecule has 0 bridgehead atoms. The number of aromatic nitrogens is 2. The van der Waals surface area contributed by atoms with Crippen LogP contribution in [-0.4, -0.2) is 35.6 Å². The Hall–Kier alpha value is -3.64. The zero-order valence-electron chi connectivity index (χ0n) is 19.7. The fourth-order valence-corrected chi connectivity index (χ4v) is 5.26. The molecule has 35 heavy (non-hydrogen) atoms. The minimum absolute atomic E-state index is 0.263. The number of rotatable bonds is 5. The van der Waals surface area contributed by atoms with E-state index in [-0.39, 0.29) is 6.04 Å². The van der Waals surface area contributed by atoms with Gasteiger partial charge in [0.05, 0.1) is 11.2 Å². The van der Waals surface area contributed by atoms with Crippen molar-refractivity contribution in [2.45, 2.75) is 31.7 Å². The molecule has 1 aliphatic carbocycles. The molecule has 0 radical (unpaired) electrons. The molecule has 1 aliphatic heterocycles. The minimum Gasteiger partial charge on any atom is -0.452 e. The molecule has 2 aliphatic rings. The maximum Gasteiger partial charge on any atom is 0.177 e. The Labute approximate surface area is 204 Å². The van der Waals surface area contributed by atoms with E-state index < -0.39 is 0 Å². The summed E-state index contributed by atoms with van der Waals surface area (Å²) >= 11 is 0. The van der Waals surface area contributed by atoms with Gasteiger partial charge >= 0.3 is 0 Å². The molecule has 0 unspecified atom stereocenters. The molecule has 0 amide bonds. The summed E-state index contributed by atoms with van der Waals surface area (Å²) in [4.78, 5) is 12.0. The zero-order valence-corrected chi connectivity index (χ0v) is 19.7. The Morgan fingerprint density at radius 1 is 0.943 bits per heavy atom. The van der Waals surface area contributed by atoms with E-state index in [0.717, 1.165) is 94.0 Å². The van der Waals surface area contributed by atoms with Gasteiger partial charge in [-0.1, -0.05) is 18.2 Å². The first kappa shape index (κ1) is 20.7. The highest BCUT2D eigenvalue weighted by Gasteiger charge is 2.25. The van der Waals surface area contributed by atoms with E-state index in [0.29, 0.717) is 0 Å². The summed E-state index contributed by atoms with van der Waals surface area (Å²) in [5, 5.41) is 5.68. The smallest absolute Gasteiger partial charge is 0.177 e. The van der Waals surface area contributed by atoms with Crippen LogP contribution in [0.5, 0.6) is 0 Å². The topological polar surface area (TPSA) is 80.2 Å². The Morgan fingerprint density at radius 3 is 2.63 bits per heavy atom. The summed E-state index contributed by atoms with van der Waals surface area (Å²) in [5.74, 6) is 1.74. The van der Waals surface area contributed by atoms with Crippen LogP contribution in [0, 0.1) is 5.92 Å². The third-order valence-electron chi connectivity index (χ3n) is 7.49. The van der Waals surface area contributed by atoms with Crippen molar-refractivity contribution in [3.05, 3.63) is 60.8 Å². The van der Waals surface area contributed by atoms with Crippen molar-refractivity contribution in [3.63, 3.8) is 0 Å². The summed E-state index contributed by atoms with van der Waals surface area (Å²) in [6.07, 6.45) is 6.50. The third kappa shape index (κ3) is 3.78. The number of pyridine rings is 2. The van der Waals surface area contributed by atoms with Gasteiger partial charge in [-0.3, -0.25) is 0 Å². The van der Waals surface area contributed by atoms with Crippen molar-refractivity contribution in [1.82, 2.24) is 9.97 Å². The van der Waals surface area contributed by atoms with E-state index in [1.807, 2.05) is 24.4 Å². The number of anilines is 2. The maximum absolute atomic E-state index is 6.44. The number of hydrogen-bond acceptors (Lipinski definition) is 6. The summed E-state index contributed by atoms with van der Waals surface area (Å²) in [6, 6.07) is 19.2. The van der Waals surface area contributed by atoms with Gasteiger partial charge in [-0.05, 0) is 79.1 Å². The average molecular weight is 464 g/mol. The predicted octanol–water partition coefficient (Wildman–Crippen LogP) is 5.95. The third-order valence-corrected chi connectivity index (χ3v) is 7.49. The van der Waals surface area contributed by atoms with Gasteiger partial charge in [0.1, 0.15) is 16.9 Å². The Kier molecular flexibility index (Phi) is 4.87. The number of benzene rings is 2. The number of para-hydroxylation sites is 1.